The summed E-state index contributed by atoms with van der Waals surface area (Å²) in [6.45, 7) is 2.77. The minimum absolute atomic E-state index is 0.0729. The number of methoxy groups -OCH3 is 1. The minimum atomic E-state index is -0.456. The van der Waals surface area contributed by atoms with Gasteiger partial charge in [-0.1, -0.05) is 30.3 Å². The summed E-state index contributed by atoms with van der Waals surface area (Å²) < 4.78 is 7.14. The first-order chi connectivity index (χ1) is 15.5. The van der Waals surface area contributed by atoms with E-state index in [9.17, 15) is 9.59 Å². The summed E-state index contributed by atoms with van der Waals surface area (Å²) >= 11 is 1.41. The van der Waals surface area contributed by atoms with E-state index in [2.05, 4.69) is 17.2 Å². The number of ether oxygens (including phenoxy) is 1. The van der Waals surface area contributed by atoms with Gasteiger partial charge in [0.05, 0.1) is 24.2 Å². The van der Waals surface area contributed by atoms with Crippen molar-refractivity contribution in [2.24, 2.45) is 5.73 Å². The Hall–Kier alpha value is -3.65. The number of anilines is 1. The number of aromatic nitrogens is 2. The van der Waals surface area contributed by atoms with Crippen LogP contribution in [0.2, 0.25) is 0 Å². The summed E-state index contributed by atoms with van der Waals surface area (Å²) in [6, 6.07) is 19.1. The molecule has 0 bridgehead atoms. The van der Waals surface area contributed by atoms with Crippen molar-refractivity contribution in [3.8, 4) is 5.75 Å². The highest BCUT2D eigenvalue weighted by Crippen LogP contribution is 2.31. The average molecular weight is 449 g/mol. The first-order valence-corrected chi connectivity index (χ1v) is 11.0. The van der Waals surface area contributed by atoms with Crippen LogP contribution in [0.5, 0.6) is 5.75 Å². The van der Waals surface area contributed by atoms with Crippen molar-refractivity contribution in [2.75, 3.05) is 18.6 Å². The van der Waals surface area contributed by atoms with Gasteiger partial charge in [-0.3, -0.25) is 14.3 Å². The fourth-order valence-corrected chi connectivity index (χ4v) is 4.66. The Morgan fingerprint density at radius 3 is 2.50 bits per heavy atom. The van der Waals surface area contributed by atoms with Gasteiger partial charge < -0.3 is 15.4 Å². The number of hydrogen-bond acceptors (Lipinski definition) is 5. The Morgan fingerprint density at radius 1 is 1.12 bits per heavy atom. The van der Waals surface area contributed by atoms with Crippen molar-refractivity contribution in [2.45, 2.75) is 19.9 Å². The lowest BCUT2D eigenvalue weighted by Gasteiger charge is -2.22. The summed E-state index contributed by atoms with van der Waals surface area (Å²) in [5.74, 6) is 0.0554. The topological polar surface area (TPSA) is 90.4 Å². The number of rotatable bonds is 8. The highest BCUT2D eigenvalue weighted by molar-refractivity contribution is 7.20. The molecule has 7 nitrogen and oxygen atoms in total. The van der Waals surface area contributed by atoms with Crippen molar-refractivity contribution in [3.05, 3.63) is 76.8 Å². The third kappa shape index (κ3) is 4.50. The highest BCUT2D eigenvalue weighted by atomic mass is 32.1. The number of hydrogen-bond donors (Lipinski definition) is 1. The van der Waals surface area contributed by atoms with E-state index in [0.717, 1.165) is 21.5 Å². The molecule has 0 aliphatic heterocycles. The molecule has 4 rings (SSSR count). The zero-order valence-corrected chi connectivity index (χ0v) is 18.8. The molecule has 2 amide bonds. The molecule has 0 saturated carbocycles. The minimum Gasteiger partial charge on any atom is -0.497 e. The van der Waals surface area contributed by atoms with Gasteiger partial charge in [0.2, 0.25) is 5.91 Å². The molecule has 2 heterocycles. The van der Waals surface area contributed by atoms with Gasteiger partial charge >= 0.3 is 0 Å². The number of carbonyl (C=O) groups is 2. The van der Waals surface area contributed by atoms with Crippen LogP contribution in [-0.2, 0) is 11.3 Å². The number of primary amides is 1. The standard InChI is InChI=1S/C24H24N4O3S/c1-16-20-14-21(32-24(20)28(26-16)15-17-6-4-3-5-7-17)23(30)27(13-12-22(25)29)18-8-10-19(31-2)11-9-18/h3-11,14H,12-13,15H2,1-2H3,(H2,25,29). The lowest BCUT2D eigenvalue weighted by molar-refractivity contribution is -0.117. The Bertz CT molecular complexity index is 1250. The van der Waals surface area contributed by atoms with E-state index in [1.807, 2.05) is 35.9 Å². The van der Waals surface area contributed by atoms with Crippen molar-refractivity contribution >= 4 is 39.1 Å². The highest BCUT2D eigenvalue weighted by Gasteiger charge is 2.23. The SMILES string of the molecule is COc1ccc(N(CCC(N)=O)C(=O)c2cc3c(C)nn(Cc4ccccc4)c3s2)cc1. The van der Waals surface area contributed by atoms with Crippen LogP contribution in [-0.4, -0.2) is 35.2 Å². The number of thiophene rings is 1. The molecule has 8 heteroatoms. The van der Waals surface area contributed by atoms with Gasteiger partial charge in [-0.2, -0.15) is 5.10 Å². The van der Waals surface area contributed by atoms with Crippen molar-refractivity contribution in [3.63, 3.8) is 0 Å². The molecule has 0 atom stereocenters. The van der Waals surface area contributed by atoms with E-state index >= 15 is 0 Å². The van der Waals surface area contributed by atoms with Gasteiger partial charge in [-0.15, -0.1) is 11.3 Å². The third-order valence-corrected chi connectivity index (χ3v) is 6.34. The van der Waals surface area contributed by atoms with Crippen LogP contribution < -0.4 is 15.4 Å². The molecule has 2 N–H and O–H groups in total. The molecule has 0 aliphatic carbocycles. The maximum absolute atomic E-state index is 13.5. The molecular weight excluding hydrogens is 424 g/mol. The molecule has 0 radical (unpaired) electrons. The van der Waals surface area contributed by atoms with Crippen LogP contribution in [0.1, 0.15) is 27.3 Å². The molecule has 0 saturated heterocycles. The van der Waals surface area contributed by atoms with E-state index in [1.54, 1.807) is 36.3 Å². The van der Waals surface area contributed by atoms with E-state index in [4.69, 9.17) is 10.5 Å². The predicted octanol–water partition coefficient (Wildman–Crippen LogP) is 3.99. The van der Waals surface area contributed by atoms with Crippen LogP contribution in [0.3, 0.4) is 0 Å². The molecule has 164 valence electrons. The second-order valence-corrected chi connectivity index (χ2v) is 8.46. The van der Waals surface area contributed by atoms with Crippen molar-refractivity contribution in [1.82, 2.24) is 9.78 Å². The molecule has 32 heavy (non-hydrogen) atoms. The lowest BCUT2D eigenvalue weighted by Crippen LogP contribution is -2.33. The number of carbonyl (C=O) groups excluding carboxylic acids is 2. The Morgan fingerprint density at radius 2 is 1.84 bits per heavy atom. The first-order valence-electron chi connectivity index (χ1n) is 10.2. The molecule has 2 aromatic heterocycles. The van der Waals surface area contributed by atoms with Crippen LogP contribution >= 0.6 is 11.3 Å². The third-order valence-electron chi connectivity index (χ3n) is 5.20. The van der Waals surface area contributed by atoms with Gasteiger partial charge in [0.25, 0.3) is 5.91 Å². The normalized spacial score (nSPS) is 10.9. The summed E-state index contributed by atoms with van der Waals surface area (Å²) in [5.41, 5.74) is 8.05. The number of aryl methyl sites for hydroxylation is 1. The molecule has 4 aromatic rings. The number of nitrogens with zero attached hydrogens (tertiary/aromatic N) is 3. The van der Waals surface area contributed by atoms with E-state index < -0.39 is 5.91 Å². The Balaban J connectivity index is 1.67. The number of fused-ring (bicyclic) bond motifs is 1. The van der Waals surface area contributed by atoms with Crippen LogP contribution in [0.25, 0.3) is 10.2 Å². The molecule has 0 spiro atoms. The van der Waals surface area contributed by atoms with Gasteiger partial charge in [-0.25, -0.2) is 0 Å². The van der Waals surface area contributed by atoms with E-state index in [-0.39, 0.29) is 18.9 Å². The van der Waals surface area contributed by atoms with Crippen LogP contribution in [0.4, 0.5) is 5.69 Å². The lowest BCUT2D eigenvalue weighted by atomic mass is 10.2. The maximum Gasteiger partial charge on any atom is 0.268 e. The van der Waals surface area contributed by atoms with Gasteiger partial charge in [0.15, 0.2) is 0 Å². The second-order valence-electron chi connectivity index (χ2n) is 7.43. The quantitative estimate of drug-likeness (QED) is 0.441. The molecule has 0 aliphatic rings. The van der Waals surface area contributed by atoms with Crippen molar-refractivity contribution < 1.29 is 14.3 Å². The average Bonchev–Trinajstić information content (AvgIpc) is 3.36. The van der Waals surface area contributed by atoms with Crippen molar-refractivity contribution in [1.29, 1.82) is 0 Å². The fraction of sp³-hybridized carbons (Fsp3) is 0.208. The van der Waals surface area contributed by atoms with Crippen LogP contribution in [0.15, 0.2) is 60.7 Å². The zero-order valence-electron chi connectivity index (χ0n) is 17.9. The number of benzene rings is 2. The van der Waals surface area contributed by atoms with E-state index in [0.29, 0.717) is 22.9 Å². The van der Waals surface area contributed by atoms with E-state index in [1.165, 1.54) is 11.3 Å². The van der Waals surface area contributed by atoms with Gasteiger partial charge in [0.1, 0.15) is 10.6 Å². The van der Waals surface area contributed by atoms with Gasteiger partial charge in [0, 0.05) is 24.0 Å². The predicted molar refractivity (Wildman–Crippen MR) is 126 cm³/mol. The monoisotopic (exact) mass is 448 g/mol. The van der Waals surface area contributed by atoms with Crippen LogP contribution in [0, 0.1) is 6.92 Å². The Kier molecular flexibility index (Phi) is 6.23. The maximum atomic E-state index is 13.5. The fourth-order valence-electron chi connectivity index (χ4n) is 3.55. The first kappa shape index (κ1) is 21.6. The molecule has 0 unspecified atom stereocenters. The number of amides is 2. The summed E-state index contributed by atoms with van der Waals surface area (Å²) in [6.07, 6.45) is 0.0729. The second kappa shape index (κ2) is 9.23. The zero-order chi connectivity index (χ0) is 22.7. The summed E-state index contributed by atoms with van der Waals surface area (Å²) in [7, 11) is 1.59. The molecule has 0 fully saturated rings. The smallest absolute Gasteiger partial charge is 0.268 e. The summed E-state index contributed by atoms with van der Waals surface area (Å²) in [5, 5.41) is 5.61. The number of nitrogens with two attached hydrogens (primary N) is 1. The molecular formula is C24H24N4O3S. The van der Waals surface area contributed by atoms with Gasteiger partial charge in [-0.05, 0) is 42.8 Å². The molecule has 2 aromatic carbocycles. The Labute approximate surface area is 190 Å². The summed E-state index contributed by atoms with van der Waals surface area (Å²) in [4.78, 5) is 28.0. The largest absolute Gasteiger partial charge is 0.497 e.